The summed E-state index contributed by atoms with van der Waals surface area (Å²) < 4.78 is 37.9. The lowest BCUT2D eigenvalue weighted by atomic mass is 9.34. The molecule has 4 aliphatic carbocycles. The van der Waals surface area contributed by atoms with Crippen LogP contribution in [-0.4, -0.2) is 202 Å². The van der Waals surface area contributed by atoms with Gasteiger partial charge in [-0.1, -0.05) is 46.3 Å². The Balaban J connectivity index is 1.27. The van der Waals surface area contributed by atoms with E-state index in [-0.39, 0.29) is 17.8 Å². The van der Waals surface area contributed by atoms with Crippen molar-refractivity contribution in [2.24, 2.45) is 45.3 Å². The number of aliphatic hydroxyl groups is 13. The first kappa shape index (κ1) is 53.8. The molecule has 0 aromatic rings. The zero-order valence-electron chi connectivity index (χ0n) is 40.3. The van der Waals surface area contributed by atoms with Gasteiger partial charge < -0.3 is 94.8 Å². The van der Waals surface area contributed by atoms with Crippen LogP contribution >= 0.6 is 0 Å². The van der Waals surface area contributed by atoms with Gasteiger partial charge >= 0.3 is 0 Å². The van der Waals surface area contributed by atoms with Crippen molar-refractivity contribution < 1.29 is 94.8 Å². The zero-order chi connectivity index (χ0) is 49.5. The van der Waals surface area contributed by atoms with Crippen LogP contribution in [0.25, 0.3) is 0 Å². The first-order valence-corrected chi connectivity index (χ1v) is 24.5. The predicted octanol–water partition coefficient (Wildman–Crippen LogP) is -1.06. The Kier molecular flexibility index (Phi) is 15.9. The Hall–Kier alpha value is -1.02. The van der Waals surface area contributed by atoms with Crippen molar-refractivity contribution in [2.45, 2.75) is 223 Å². The standard InChI is InChI=1S/C48H82O19/c1-21(2)10-9-13-48(8,67-42-38(61)35(58)32(55)26(19-50)64-42)22-11-15-46(6)30(22)23(52)16-28-45(5)14-12-29(53)44(3,4)40(45)24(17-47(28,46)7)62-43-39(36(59)33(56)27(20-51)65-43)66-41-37(60)34(57)31(54)25(18-49)63-41/h10,22-43,49-61H,9,11-20H2,1-8H3/t22-,23+,24-,25+,26+,27+,28-,29-,30-,31+,32+,33+,34-,35-,36-,37+,38+,39+,40+,41-,42-,43+,45+,46+,47+,48-/m0/s1. The second kappa shape index (κ2) is 19.8. The first-order valence-electron chi connectivity index (χ1n) is 24.5. The number of rotatable bonds is 13. The molecule has 3 heterocycles. The minimum Gasteiger partial charge on any atom is -0.394 e. The fraction of sp³-hybridized carbons (Fsp3) is 0.958. The number of hydrogen-bond acceptors (Lipinski definition) is 19. The average molecular weight is 963 g/mol. The van der Waals surface area contributed by atoms with Gasteiger partial charge in [-0.15, -0.1) is 0 Å². The van der Waals surface area contributed by atoms with Crippen molar-refractivity contribution >= 4 is 0 Å². The molecule has 0 amide bonds. The number of ether oxygens (including phenoxy) is 6. The van der Waals surface area contributed by atoms with Crippen molar-refractivity contribution in [1.29, 1.82) is 0 Å². The van der Waals surface area contributed by atoms with E-state index in [1.54, 1.807) is 0 Å². The average Bonchev–Trinajstić information content (AvgIpc) is 3.66. The molecule has 0 radical (unpaired) electrons. The molecule has 7 fully saturated rings. The molecule has 0 aromatic heterocycles. The summed E-state index contributed by atoms with van der Waals surface area (Å²) in [6.45, 7) is 14.4. The molecule has 26 atom stereocenters. The Bertz CT molecular complexity index is 1710. The van der Waals surface area contributed by atoms with Crippen LogP contribution in [0, 0.1) is 45.3 Å². The van der Waals surface area contributed by atoms with Gasteiger partial charge in [0.05, 0.1) is 43.7 Å². The minimum absolute atomic E-state index is 0.110. The number of allylic oxidation sites excluding steroid dienone is 2. The fourth-order valence-corrected chi connectivity index (χ4v) is 14.9. The van der Waals surface area contributed by atoms with Gasteiger partial charge in [0.25, 0.3) is 0 Å². The van der Waals surface area contributed by atoms with Crippen molar-refractivity contribution in [3.63, 3.8) is 0 Å². The van der Waals surface area contributed by atoms with Crippen LogP contribution in [0.1, 0.15) is 107 Å². The molecule has 3 aliphatic heterocycles. The molecule has 19 heteroatoms. The molecule has 13 N–H and O–H groups in total. The quantitative estimate of drug-likeness (QED) is 0.0773. The lowest BCUT2D eigenvalue weighted by Crippen LogP contribution is -2.71. The van der Waals surface area contributed by atoms with E-state index in [4.69, 9.17) is 28.4 Å². The van der Waals surface area contributed by atoms with E-state index in [9.17, 15) is 66.4 Å². The highest BCUT2D eigenvalue weighted by Gasteiger charge is 2.74. The monoisotopic (exact) mass is 963 g/mol. The van der Waals surface area contributed by atoms with Gasteiger partial charge in [0.2, 0.25) is 0 Å². The Morgan fingerprint density at radius 2 is 1.18 bits per heavy atom. The van der Waals surface area contributed by atoms with Crippen molar-refractivity contribution in [3.8, 4) is 0 Å². The van der Waals surface area contributed by atoms with Crippen molar-refractivity contribution in [2.75, 3.05) is 19.8 Å². The van der Waals surface area contributed by atoms with Gasteiger partial charge in [0.15, 0.2) is 18.9 Å². The largest absolute Gasteiger partial charge is 0.394 e. The van der Waals surface area contributed by atoms with Gasteiger partial charge in [0.1, 0.15) is 73.2 Å². The summed E-state index contributed by atoms with van der Waals surface area (Å²) >= 11 is 0. The molecule has 388 valence electrons. The van der Waals surface area contributed by atoms with Crippen molar-refractivity contribution in [1.82, 2.24) is 0 Å². The van der Waals surface area contributed by atoms with Gasteiger partial charge in [-0.25, -0.2) is 0 Å². The van der Waals surface area contributed by atoms with Crippen LogP contribution in [0.4, 0.5) is 0 Å². The second-order valence-corrected chi connectivity index (χ2v) is 23.1. The molecule has 0 bridgehead atoms. The highest BCUT2D eigenvalue weighted by atomic mass is 16.8. The highest BCUT2D eigenvalue weighted by molar-refractivity contribution is 5.22. The first-order chi connectivity index (χ1) is 31.3. The van der Waals surface area contributed by atoms with E-state index in [0.717, 1.165) is 5.57 Å². The van der Waals surface area contributed by atoms with E-state index >= 15 is 0 Å². The molecule has 0 aromatic carbocycles. The summed E-state index contributed by atoms with van der Waals surface area (Å²) in [6, 6.07) is 0. The van der Waals surface area contributed by atoms with Crippen LogP contribution in [0.2, 0.25) is 0 Å². The van der Waals surface area contributed by atoms with Crippen LogP contribution < -0.4 is 0 Å². The molecule has 67 heavy (non-hydrogen) atoms. The zero-order valence-corrected chi connectivity index (χ0v) is 40.3. The van der Waals surface area contributed by atoms with Crippen LogP contribution in [0.15, 0.2) is 11.6 Å². The summed E-state index contributed by atoms with van der Waals surface area (Å²) in [4.78, 5) is 0. The van der Waals surface area contributed by atoms with E-state index in [0.29, 0.717) is 51.4 Å². The van der Waals surface area contributed by atoms with Crippen LogP contribution in [0.3, 0.4) is 0 Å². The van der Waals surface area contributed by atoms with E-state index in [2.05, 4.69) is 26.8 Å². The highest BCUT2D eigenvalue weighted by Crippen LogP contribution is 2.76. The van der Waals surface area contributed by atoms with E-state index < -0.39 is 163 Å². The summed E-state index contributed by atoms with van der Waals surface area (Å²) in [7, 11) is 0. The van der Waals surface area contributed by atoms with Gasteiger partial charge in [0, 0.05) is 0 Å². The molecule has 3 saturated heterocycles. The lowest BCUT2D eigenvalue weighted by molar-refractivity contribution is -0.383. The van der Waals surface area contributed by atoms with Crippen molar-refractivity contribution in [3.05, 3.63) is 11.6 Å². The minimum atomic E-state index is -1.86. The Morgan fingerprint density at radius 3 is 1.75 bits per heavy atom. The van der Waals surface area contributed by atoms with Gasteiger partial charge in [-0.05, 0) is 117 Å². The molecule has 7 rings (SSSR count). The topological polar surface area (TPSA) is 318 Å². The maximum Gasteiger partial charge on any atom is 0.187 e. The molecule has 0 spiro atoms. The lowest BCUT2D eigenvalue weighted by Gasteiger charge is -2.72. The summed E-state index contributed by atoms with van der Waals surface area (Å²) in [5.41, 5.74) is -2.56. The number of fused-ring (bicyclic) bond motifs is 5. The normalized spacial score (nSPS) is 52.9. The Morgan fingerprint density at radius 1 is 0.642 bits per heavy atom. The SMILES string of the molecule is CC(C)=CCC[C@](C)(O[C@@H]1O[C@H](CO)[C@@H](O)[C@H](O)[C@H]1O)[C@H]1CC[C@]2(C)[C@@H]1[C@H](O)C[C@H]1[C@@]3(C)CC[C@H](O)C(C)(C)[C@H]3[C@@H](O[C@@H]3O[C@H](CO)[C@@H](O)[C@H](O)[C@H]3O[C@@H]3O[C@H](CO)[C@@H](O)[C@H](O)[C@H]3O)C[C@]12C. The smallest absolute Gasteiger partial charge is 0.187 e. The Labute approximate surface area is 393 Å². The number of hydrogen-bond donors (Lipinski definition) is 13. The molecule has 0 unspecified atom stereocenters. The third-order valence-corrected chi connectivity index (χ3v) is 18.7. The van der Waals surface area contributed by atoms with Crippen LogP contribution in [-0.2, 0) is 28.4 Å². The molecule has 4 saturated carbocycles. The third-order valence-electron chi connectivity index (χ3n) is 18.7. The second-order valence-electron chi connectivity index (χ2n) is 23.1. The molecular weight excluding hydrogens is 881 g/mol. The maximum atomic E-state index is 12.7. The summed E-state index contributed by atoms with van der Waals surface area (Å²) in [5, 5.41) is 142. The van der Waals surface area contributed by atoms with E-state index in [1.165, 1.54) is 0 Å². The molecular formula is C48H82O19. The summed E-state index contributed by atoms with van der Waals surface area (Å²) in [5.74, 6) is -1.22. The summed E-state index contributed by atoms with van der Waals surface area (Å²) in [6.07, 6.45) is -20.0. The third kappa shape index (κ3) is 9.03. The predicted molar refractivity (Wildman–Crippen MR) is 235 cm³/mol. The van der Waals surface area contributed by atoms with Gasteiger partial charge in [-0.2, -0.15) is 0 Å². The molecule has 7 aliphatic rings. The maximum absolute atomic E-state index is 12.7. The van der Waals surface area contributed by atoms with Crippen LogP contribution in [0.5, 0.6) is 0 Å². The molecule has 19 nitrogen and oxygen atoms in total. The van der Waals surface area contributed by atoms with E-state index in [1.807, 2.05) is 34.6 Å². The van der Waals surface area contributed by atoms with Gasteiger partial charge in [-0.3, -0.25) is 0 Å². The fourth-order valence-electron chi connectivity index (χ4n) is 14.9. The number of aliphatic hydroxyl groups excluding tert-OH is 13.